The third kappa shape index (κ3) is 9.09. The molecule has 1 aromatic heterocycles. The molecule has 0 aromatic carbocycles. The number of likely N-dealkylation sites (tertiary alicyclic amines) is 1. The maximum atomic E-state index is 11.1. The molecule has 32 heavy (non-hydrogen) atoms. The smallest absolute Gasteiger partial charge is 0.231 e. The molecule has 180 valence electrons. The highest BCUT2D eigenvalue weighted by Crippen LogP contribution is 2.26. The average molecular weight is 559 g/mol. The summed E-state index contributed by atoms with van der Waals surface area (Å²) in [6, 6.07) is 4.34. The lowest BCUT2D eigenvalue weighted by Gasteiger charge is -2.32. The number of carbonyl (C=O) groups excluding carboxylic acids is 1. The molecule has 0 radical (unpaired) electrons. The number of pyridine rings is 1. The Hall–Kier alpha value is -1.62. The van der Waals surface area contributed by atoms with Crippen molar-refractivity contribution in [2.24, 2.45) is 16.6 Å². The first-order valence-electron chi connectivity index (χ1n) is 11.7. The van der Waals surface area contributed by atoms with Crippen molar-refractivity contribution in [3.8, 4) is 5.88 Å². The topological polar surface area (TPSA) is 105 Å². The van der Waals surface area contributed by atoms with Crippen LogP contribution < -0.4 is 21.1 Å². The van der Waals surface area contributed by atoms with Crippen LogP contribution in [0.1, 0.15) is 57.9 Å². The number of carbonyl (C=O) groups is 1. The zero-order valence-corrected chi connectivity index (χ0v) is 21.7. The molecule has 1 amide bonds. The summed E-state index contributed by atoms with van der Waals surface area (Å²) in [5.41, 5.74) is 6.39. The monoisotopic (exact) mass is 558 g/mol. The van der Waals surface area contributed by atoms with E-state index in [4.69, 9.17) is 15.5 Å². The van der Waals surface area contributed by atoms with Gasteiger partial charge in [-0.15, -0.1) is 24.0 Å². The molecular weight excluding hydrogens is 519 g/mol. The van der Waals surface area contributed by atoms with Crippen molar-refractivity contribution in [1.29, 1.82) is 0 Å². The molecule has 2 heterocycles. The van der Waals surface area contributed by atoms with Crippen LogP contribution in [-0.4, -0.2) is 60.1 Å². The third-order valence-corrected chi connectivity index (χ3v) is 6.12. The van der Waals surface area contributed by atoms with Gasteiger partial charge in [0.15, 0.2) is 5.96 Å². The van der Waals surface area contributed by atoms with Gasteiger partial charge in [0.05, 0.1) is 13.1 Å². The molecule has 3 rings (SSSR count). The van der Waals surface area contributed by atoms with Crippen molar-refractivity contribution in [3.63, 3.8) is 0 Å². The van der Waals surface area contributed by atoms with Crippen LogP contribution in [0.3, 0.4) is 0 Å². The number of rotatable bonds is 8. The predicted molar refractivity (Wildman–Crippen MR) is 138 cm³/mol. The highest BCUT2D eigenvalue weighted by Gasteiger charge is 2.21. The summed E-state index contributed by atoms with van der Waals surface area (Å²) in [6.45, 7) is 7.82. The van der Waals surface area contributed by atoms with Crippen molar-refractivity contribution >= 4 is 35.8 Å². The fourth-order valence-corrected chi connectivity index (χ4v) is 4.27. The Morgan fingerprint density at radius 1 is 1.25 bits per heavy atom. The number of nitrogens with two attached hydrogens (primary N) is 1. The van der Waals surface area contributed by atoms with Gasteiger partial charge in [0.2, 0.25) is 11.8 Å². The molecule has 1 aromatic rings. The number of piperidine rings is 1. The van der Waals surface area contributed by atoms with E-state index in [9.17, 15) is 4.79 Å². The maximum absolute atomic E-state index is 11.1. The van der Waals surface area contributed by atoms with Gasteiger partial charge < -0.3 is 21.1 Å². The molecule has 9 heteroatoms. The first-order chi connectivity index (χ1) is 15.0. The number of nitrogens with zero attached hydrogens (tertiary/aromatic N) is 3. The second kappa shape index (κ2) is 13.8. The molecule has 0 bridgehead atoms. The zero-order valence-electron chi connectivity index (χ0n) is 19.4. The Balaban J connectivity index is 0.00000363. The lowest BCUT2D eigenvalue weighted by atomic mass is 9.89. The lowest BCUT2D eigenvalue weighted by Crippen LogP contribution is -2.49. The molecule has 8 nitrogen and oxygen atoms in total. The van der Waals surface area contributed by atoms with E-state index in [2.05, 4.69) is 34.4 Å². The SMILES string of the molecule is CCNC(=NCc1ccnc(OC2CCC(C)CC2)c1)NC1CCN(CC(N)=O)CC1.I. The first kappa shape index (κ1) is 26.6. The molecule has 2 fully saturated rings. The maximum Gasteiger partial charge on any atom is 0.231 e. The first-order valence-corrected chi connectivity index (χ1v) is 11.7. The molecule has 1 aliphatic carbocycles. The number of primary amides is 1. The number of ether oxygens (including phenoxy) is 1. The Labute approximate surface area is 209 Å². The van der Waals surface area contributed by atoms with E-state index in [0.717, 1.165) is 62.8 Å². The molecule has 1 saturated carbocycles. The minimum Gasteiger partial charge on any atom is -0.474 e. The summed E-state index contributed by atoms with van der Waals surface area (Å²) in [5, 5.41) is 6.87. The molecule has 4 N–H and O–H groups in total. The average Bonchev–Trinajstić information content (AvgIpc) is 2.75. The van der Waals surface area contributed by atoms with E-state index in [1.54, 1.807) is 6.20 Å². The fraction of sp³-hybridized carbons (Fsp3) is 0.696. The van der Waals surface area contributed by atoms with Crippen molar-refractivity contribution in [3.05, 3.63) is 23.9 Å². The number of guanidine groups is 1. The van der Waals surface area contributed by atoms with E-state index >= 15 is 0 Å². The van der Waals surface area contributed by atoms with Gasteiger partial charge in [-0.3, -0.25) is 9.69 Å². The van der Waals surface area contributed by atoms with Crippen LogP contribution in [-0.2, 0) is 11.3 Å². The van der Waals surface area contributed by atoms with E-state index in [1.807, 2.05) is 12.1 Å². The Bertz CT molecular complexity index is 731. The highest BCUT2D eigenvalue weighted by molar-refractivity contribution is 14.0. The van der Waals surface area contributed by atoms with Crippen LogP contribution in [0.4, 0.5) is 0 Å². The lowest BCUT2D eigenvalue weighted by molar-refractivity contribution is -0.119. The molecule has 1 aliphatic heterocycles. The van der Waals surface area contributed by atoms with E-state index in [0.29, 0.717) is 25.0 Å². The van der Waals surface area contributed by atoms with E-state index in [1.165, 1.54) is 12.8 Å². The van der Waals surface area contributed by atoms with Crippen LogP contribution in [0.25, 0.3) is 0 Å². The van der Waals surface area contributed by atoms with Gasteiger partial charge in [-0.1, -0.05) is 6.92 Å². The quantitative estimate of drug-likeness (QED) is 0.258. The summed E-state index contributed by atoms with van der Waals surface area (Å²) in [4.78, 5) is 22.4. The summed E-state index contributed by atoms with van der Waals surface area (Å²) in [5.74, 6) is 2.06. The van der Waals surface area contributed by atoms with Gasteiger partial charge in [0, 0.05) is 37.9 Å². The molecule has 0 unspecified atom stereocenters. The highest BCUT2D eigenvalue weighted by atomic mass is 127. The Morgan fingerprint density at radius 3 is 2.62 bits per heavy atom. The van der Waals surface area contributed by atoms with Crippen LogP contribution in [0.15, 0.2) is 23.3 Å². The van der Waals surface area contributed by atoms with Gasteiger partial charge in [-0.05, 0) is 63.0 Å². The van der Waals surface area contributed by atoms with Crippen molar-refractivity contribution in [1.82, 2.24) is 20.5 Å². The van der Waals surface area contributed by atoms with Crippen LogP contribution in [0.5, 0.6) is 5.88 Å². The summed E-state index contributed by atoms with van der Waals surface area (Å²) in [6.07, 6.45) is 8.69. The Kier molecular flexibility index (Phi) is 11.5. The molecular formula is C23H39IN6O2. The molecule has 1 saturated heterocycles. The van der Waals surface area contributed by atoms with Crippen LogP contribution in [0, 0.1) is 5.92 Å². The van der Waals surface area contributed by atoms with Gasteiger partial charge in [0.1, 0.15) is 6.10 Å². The molecule has 0 spiro atoms. The summed E-state index contributed by atoms with van der Waals surface area (Å²) >= 11 is 0. The molecule has 2 aliphatic rings. The van der Waals surface area contributed by atoms with Crippen LogP contribution >= 0.6 is 24.0 Å². The Morgan fingerprint density at radius 2 is 1.97 bits per heavy atom. The predicted octanol–water partition coefficient (Wildman–Crippen LogP) is 2.66. The third-order valence-electron chi connectivity index (χ3n) is 6.12. The zero-order chi connectivity index (χ0) is 22.1. The van der Waals surface area contributed by atoms with E-state index in [-0.39, 0.29) is 36.0 Å². The molecule has 0 atom stereocenters. The van der Waals surface area contributed by atoms with Gasteiger partial charge in [-0.2, -0.15) is 0 Å². The fourth-order valence-electron chi connectivity index (χ4n) is 4.27. The number of hydrogen-bond acceptors (Lipinski definition) is 5. The minimum atomic E-state index is -0.264. The van der Waals surface area contributed by atoms with Crippen molar-refractivity contribution in [2.45, 2.75) is 71.1 Å². The van der Waals surface area contributed by atoms with E-state index < -0.39 is 0 Å². The number of aliphatic imine (C=N–C) groups is 1. The van der Waals surface area contributed by atoms with Gasteiger partial charge in [-0.25, -0.2) is 9.98 Å². The number of nitrogens with one attached hydrogen (secondary N) is 2. The minimum absolute atomic E-state index is 0. The van der Waals surface area contributed by atoms with Gasteiger partial charge >= 0.3 is 0 Å². The second-order valence-corrected chi connectivity index (χ2v) is 8.86. The number of halogens is 1. The second-order valence-electron chi connectivity index (χ2n) is 8.86. The van der Waals surface area contributed by atoms with Crippen molar-refractivity contribution in [2.75, 3.05) is 26.2 Å². The van der Waals surface area contributed by atoms with Crippen LogP contribution in [0.2, 0.25) is 0 Å². The number of hydrogen-bond donors (Lipinski definition) is 3. The summed E-state index contributed by atoms with van der Waals surface area (Å²) < 4.78 is 6.13. The van der Waals surface area contributed by atoms with Crippen molar-refractivity contribution < 1.29 is 9.53 Å². The number of amides is 1. The summed E-state index contributed by atoms with van der Waals surface area (Å²) in [7, 11) is 0. The normalized spacial score (nSPS) is 22.6. The largest absolute Gasteiger partial charge is 0.474 e. The standard InChI is InChI=1S/C23H38N6O2.HI/c1-3-25-23(28-19-9-12-29(13-10-19)16-21(24)30)27-15-18-8-11-26-22(14-18)31-20-6-4-17(2)5-7-20;/h8,11,14,17,19-20H,3-7,9-10,12-13,15-16H2,1-2H3,(H2,24,30)(H2,25,27,28);1H. The van der Waals surface area contributed by atoms with Gasteiger partial charge in [0.25, 0.3) is 0 Å². The number of aromatic nitrogens is 1.